The molecule has 1 atom stereocenters. The van der Waals surface area contributed by atoms with E-state index >= 15 is 0 Å². The number of hydrogen-bond acceptors (Lipinski definition) is 6. The van der Waals surface area contributed by atoms with E-state index in [1.165, 1.54) is 12.1 Å². The molecular formula is C17H26N2O6S. The fourth-order valence-electron chi connectivity index (χ4n) is 2.28. The number of unbranched alkanes of at least 4 members (excludes halogenated alkanes) is 1. The molecule has 1 unspecified atom stereocenters. The van der Waals surface area contributed by atoms with Gasteiger partial charge in [-0.05, 0) is 45.0 Å². The van der Waals surface area contributed by atoms with E-state index in [0.717, 1.165) is 18.4 Å². The van der Waals surface area contributed by atoms with Crippen molar-refractivity contribution in [3.8, 4) is 0 Å². The number of rotatable bonds is 13. The smallest absolute Gasteiger partial charge is 0.323 e. The highest BCUT2D eigenvalue weighted by atomic mass is 32.2. The molecule has 0 aliphatic heterocycles. The van der Waals surface area contributed by atoms with Crippen molar-refractivity contribution >= 4 is 21.8 Å². The number of carboxylic acids is 2. The zero-order chi connectivity index (χ0) is 19.6. The number of aryl methyl sites for hydroxylation is 1. The van der Waals surface area contributed by atoms with Crippen LogP contribution in [0.15, 0.2) is 29.2 Å². The van der Waals surface area contributed by atoms with Crippen molar-refractivity contribution < 1.29 is 28.2 Å². The van der Waals surface area contributed by atoms with E-state index in [9.17, 15) is 23.1 Å². The predicted molar refractivity (Wildman–Crippen MR) is 97.0 cm³/mol. The molecule has 4 N–H and O–H groups in total. The van der Waals surface area contributed by atoms with Gasteiger partial charge in [0.1, 0.15) is 0 Å². The number of nitrogens with one attached hydrogen (secondary N) is 2. The monoisotopic (exact) mass is 386 g/mol. The summed E-state index contributed by atoms with van der Waals surface area (Å²) in [5.74, 6) is -2.23. The van der Waals surface area contributed by atoms with Gasteiger partial charge in [-0.1, -0.05) is 17.7 Å². The van der Waals surface area contributed by atoms with E-state index in [1.54, 1.807) is 12.1 Å². The van der Waals surface area contributed by atoms with Gasteiger partial charge in [-0.3, -0.25) is 9.59 Å². The van der Waals surface area contributed by atoms with Crippen LogP contribution in [0.4, 0.5) is 0 Å². The maximum Gasteiger partial charge on any atom is 0.323 e. The van der Waals surface area contributed by atoms with Crippen molar-refractivity contribution in [3.63, 3.8) is 0 Å². The normalized spacial score (nSPS) is 12.7. The first-order chi connectivity index (χ1) is 12.2. The second-order valence-corrected chi connectivity index (χ2v) is 8.12. The fourth-order valence-corrected chi connectivity index (χ4v) is 3.72. The van der Waals surface area contributed by atoms with Crippen molar-refractivity contribution in [1.82, 2.24) is 10.6 Å². The third kappa shape index (κ3) is 7.51. The van der Waals surface area contributed by atoms with Crippen LogP contribution < -0.4 is 10.6 Å². The fraction of sp³-hybridized carbons (Fsp3) is 0.529. The SMILES string of the molecule is Cc1ccc(S(=O)(=O)C(CNCCCCNCCC(=O)O)C(=O)O)cc1. The van der Waals surface area contributed by atoms with Gasteiger partial charge in [0.25, 0.3) is 0 Å². The Balaban J connectivity index is 2.41. The summed E-state index contributed by atoms with van der Waals surface area (Å²) >= 11 is 0. The van der Waals surface area contributed by atoms with E-state index in [0.29, 0.717) is 19.6 Å². The summed E-state index contributed by atoms with van der Waals surface area (Å²) in [5.41, 5.74) is 0.894. The molecule has 146 valence electrons. The zero-order valence-electron chi connectivity index (χ0n) is 14.8. The Morgan fingerprint density at radius 1 is 1.00 bits per heavy atom. The van der Waals surface area contributed by atoms with Crippen LogP contribution in [-0.4, -0.2) is 62.0 Å². The van der Waals surface area contributed by atoms with Crippen molar-refractivity contribution in [1.29, 1.82) is 0 Å². The molecule has 9 heteroatoms. The van der Waals surface area contributed by atoms with E-state index in [2.05, 4.69) is 10.6 Å². The molecule has 8 nitrogen and oxygen atoms in total. The lowest BCUT2D eigenvalue weighted by Crippen LogP contribution is -2.40. The summed E-state index contributed by atoms with van der Waals surface area (Å²) in [4.78, 5) is 21.7. The molecule has 0 heterocycles. The van der Waals surface area contributed by atoms with Gasteiger partial charge in [-0.15, -0.1) is 0 Å². The average Bonchev–Trinajstić information content (AvgIpc) is 2.56. The summed E-state index contributed by atoms with van der Waals surface area (Å²) in [5, 5.41) is 22.1. The van der Waals surface area contributed by atoms with Crippen molar-refractivity contribution in [2.45, 2.75) is 36.3 Å². The molecule has 0 saturated carbocycles. The van der Waals surface area contributed by atoms with Crippen LogP contribution >= 0.6 is 0 Å². The highest BCUT2D eigenvalue weighted by molar-refractivity contribution is 7.92. The molecule has 1 rings (SSSR count). The van der Waals surface area contributed by atoms with Gasteiger partial charge in [0, 0.05) is 13.1 Å². The van der Waals surface area contributed by atoms with Crippen LogP contribution in [0.25, 0.3) is 0 Å². The third-order valence-electron chi connectivity index (χ3n) is 3.80. The molecule has 1 aromatic rings. The maximum atomic E-state index is 12.5. The Morgan fingerprint density at radius 3 is 2.12 bits per heavy atom. The molecule has 0 aliphatic carbocycles. The number of carbonyl (C=O) groups is 2. The second-order valence-electron chi connectivity index (χ2n) is 5.99. The summed E-state index contributed by atoms with van der Waals surface area (Å²) < 4.78 is 25.0. The van der Waals surface area contributed by atoms with Crippen LogP contribution in [-0.2, 0) is 19.4 Å². The van der Waals surface area contributed by atoms with Gasteiger partial charge in [0.2, 0.25) is 0 Å². The number of carboxylic acid groups (broad SMARTS) is 2. The van der Waals surface area contributed by atoms with Crippen molar-refractivity contribution in [2.75, 3.05) is 26.2 Å². The molecule has 0 bridgehead atoms. The van der Waals surface area contributed by atoms with Gasteiger partial charge in [0.15, 0.2) is 15.1 Å². The van der Waals surface area contributed by atoms with Gasteiger partial charge in [-0.2, -0.15) is 0 Å². The quantitative estimate of drug-likeness (QED) is 0.363. The van der Waals surface area contributed by atoms with Crippen molar-refractivity contribution in [2.24, 2.45) is 0 Å². The lowest BCUT2D eigenvalue weighted by Gasteiger charge is -2.15. The number of hydrogen-bond donors (Lipinski definition) is 4. The van der Waals surface area contributed by atoms with E-state index < -0.39 is 27.0 Å². The van der Waals surface area contributed by atoms with Crippen LogP contribution in [0, 0.1) is 6.92 Å². The van der Waals surface area contributed by atoms with Crippen LogP contribution in [0.2, 0.25) is 0 Å². The lowest BCUT2D eigenvalue weighted by atomic mass is 10.2. The highest BCUT2D eigenvalue weighted by Crippen LogP contribution is 2.17. The molecule has 0 radical (unpaired) electrons. The first kappa shape index (κ1) is 22.1. The molecule has 1 aromatic carbocycles. The minimum absolute atomic E-state index is 0.0000644. The molecule has 26 heavy (non-hydrogen) atoms. The van der Waals surface area contributed by atoms with Gasteiger partial charge in [-0.25, -0.2) is 8.42 Å². The molecule has 0 aromatic heterocycles. The van der Waals surface area contributed by atoms with E-state index in [-0.39, 0.29) is 17.9 Å². The summed E-state index contributed by atoms with van der Waals surface area (Å²) in [6.07, 6.45) is 1.56. The summed E-state index contributed by atoms with van der Waals surface area (Å²) in [6, 6.07) is 6.11. The molecule has 0 fully saturated rings. The summed E-state index contributed by atoms with van der Waals surface area (Å²) in [7, 11) is -3.96. The lowest BCUT2D eigenvalue weighted by molar-refractivity contribution is -0.137. The number of sulfone groups is 1. The van der Waals surface area contributed by atoms with Crippen LogP contribution in [0.1, 0.15) is 24.8 Å². The van der Waals surface area contributed by atoms with E-state index in [1.807, 2.05) is 6.92 Å². The Morgan fingerprint density at radius 2 is 1.58 bits per heavy atom. The van der Waals surface area contributed by atoms with Gasteiger partial charge < -0.3 is 20.8 Å². The van der Waals surface area contributed by atoms with Gasteiger partial charge >= 0.3 is 11.9 Å². The van der Waals surface area contributed by atoms with E-state index in [4.69, 9.17) is 5.11 Å². The van der Waals surface area contributed by atoms with Crippen LogP contribution in [0.3, 0.4) is 0 Å². The summed E-state index contributed by atoms with van der Waals surface area (Å²) in [6.45, 7) is 3.19. The molecule has 0 aliphatic rings. The Hall–Kier alpha value is -1.97. The number of aliphatic carboxylic acids is 2. The predicted octanol–water partition coefficient (Wildman–Crippen LogP) is 0.656. The minimum atomic E-state index is -3.96. The first-order valence-electron chi connectivity index (χ1n) is 8.41. The molecule has 0 amide bonds. The Labute approximate surface area is 153 Å². The number of benzene rings is 1. The zero-order valence-corrected chi connectivity index (χ0v) is 15.6. The first-order valence-corrected chi connectivity index (χ1v) is 9.96. The standard InChI is InChI=1S/C17H26N2O6S/c1-13-4-6-14(7-5-13)26(24,25)15(17(22)23)12-19-10-3-2-9-18-11-8-16(20)21/h4-7,15,18-19H,2-3,8-12H2,1H3,(H,20,21)(H,22,23). The van der Waals surface area contributed by atoms with Gasteiger partial charge in [0.05, 0.1) is 11.3 Å². The molecule has 0 saturated heterocycles. The minimum Gasteiger partial charge on any atom is -0.481 e. The highest BCUT2D eigenvalue weighted by Gasteiger charge is 2.33. The Kier molecular flexibility index (Phi) is 9.25. The Bertz CT molecular complexity index is 688. The molecule has 0 spiro atoms. The van der Waals surface area contributed by atoms with Crippen molar-refractivity contribution in [3.05, 3.63) is 29.8 Å². The average molecular weight is 386 g/mol. The third-order valence-corrected chi connectivity index (χ3v) is 5.85. The largest absolute Gasteiger partial charge is 0.481 e. The molecular weight excluding hydrogens is 360 g/mol. The maximum absolute atomic E-state index is 12.5. The van der Waals surface area contributed by atoms with Crippen LogP contribution in [0.5, 0.6) is 0 Å². The topological polar surface area (TPSA) is 133 Å². The second kappa shape index (κ2) is 10.9.